The maximum Gasteiger partial charge on any atom is 0.358 e. The van der Waals surface area contributed by atoms with Crippen molar-refractivity contribution in [3.05, 3.63) is 35.9 Å². The van der Waals surface area contributed by atoms with Crippen LogP contribution in [0.2, 0.25) is 0 Å². The molecule has 0 bridgehead atoms. The predicted molar refractivity (Wildman–Crippen MR) is 92.7 cm³/mol. The van der Waals surface area contributed by atoms with E-state index in [1.54, 1.807) is 11.6 Å². The Balaban J connectivity index is 2.00. The van der Waals surface area contributed by atoms with Gasteiger partial charge in [0.1, 0.15) is 12.3 Å². The fourth-order valence-corrected chi connectivity index (χ4v) is 3.50. The van der Waals surface area contributed by atoms with Crippen LogP contribution in [0.4, 0.5) is 4.79 Å². The highest BCUT2D eigenvalue weighted by molar-refractivity contribution is 8.14. The van der Waals surface area contributed by atoms with Gasteiger partial charge in [0, 0.05) is 14.1 Å². The summed E-state index contributed by atoms with van der Waals surface area (Å²) in [6.45, 7) is 0.391. The Labute approximate surface area is 148 Å². The number of thioether (sulfide) groups is 1. The van der Waals surface area contributed by atoms with Crippen molar-refractivity contribution in [1.82, 2.24) is 9.80 Å². The van der Waals surface area contributed by atoms with E-state index in [0.717, 1.165) is 22.2 Å². The quantitative estimate of drug-likeness (QED) is 0.796. The average Bonchev–Trinajstić information content (AvgIpc) is 2.95. The molecule has 2 heterocycles. The van der Waals surface area contributed by atoms with Crippen molar-refractivity contribution < 1.29 is 24.1 Å². The van der Waals surface area contributed by atoms with E-state index in [1.807, 2.05) is 30.3 Å². The van der Waals surface area contributed by atoms with Crippen LogP contribution in [-0.2, 0) is 16.1 Å². The van der Waals surface area contributed by atoms with Crippen LogP contribution in [0.1, 0.15) is 5.56 Å². The molecule has 1 aromatic rings. The number of hydrogen-bond acceptors (Lipinski definition) is 5. The molecule has 2 aliphatic rings. The third-order valence-corrected chi connectivity index (χ3v) is 4.99. The van der Waals surface area contributed by atoms with Crippen molar-refractivity contribution in [2.24, 2.45) is 4.99 Å². The second-order valence-corrected chi connectivity index (χ2v) is 6.63. The maximum absolute atomic E-state index is 12.7. The van der Waals surface area contributed by atoms with Crippen LogP contribution in [0, 0.1) is 0 Å². The summed E-state index contributed by atoms with van der Waals surface area (Å²) in [6, 6.07) is 8.33. The van der Waals surface area contributed by atoms with Gasteiger partial charge in [0.25, 0.3) is 17.8 Å². The third kappa shape index (κ3) is 3.14. The molecule has 1 N–H and O–H groups in total. The van der Waals surface area contributed by atoms with Crippen molar-refractivity contribution in [2.45, 2.75) is 12.6 Å². The van der Waals surface area contributed by atoms with Gasteiger partial charge in [0.05, 0.1) is 0 Å². The first-order chi connectivity index (χ1) is 11.9. The molecule has 0 saturated carbocycles. The number of carbonyl (C=O) groups excluding carboxylic acids is 2. The van der Waals surface area contributed by atoms with Crippen LogP contribution in [0.25, 0.3) is 0 Å². The Morgan fingerprint density at radius 1 is 1.24 bits per heavy atom. The Morgan fingerprint density at radius 2 is 1.92 bits per heavy atom. The lowest BCUT2D eigenvalue weighted by molar-refractivity contribution is -0.548. The highest BCUT2D eigenvalue weighted by Crippen LogP contribution is 2.24. The van der Waals surface area contributed by atoms with Gasteiger partial charge in [-0.05, 0) is 22.3 Å². The van der Waals surface area contributed by atoms with Gasteiger partial charge < -0.3 is 5.11 Å². The minimum Gasteiger partial charge on any atom is -0.481 e. The molecular formula is C16H17N4O4S+. The summed E-state index contributed by atoms with van der Waals surface area (Å²) >= 11 is 1.04. The van der Waals surface area contributed by atoms with Gasteiger partial charge in [0.15, 0.2) is 0 Å². The molecule has 1 aromatic carbocycles. The average molecular weight is 361 g/mol. The minimum absolute atomic E-state index is 0.175. The fraction of sp³-hybridized carbons (Fsp3) is 0.312. The number of benzene rings is 1. The Morgan fingerprint density at radius 3 is 2.56 bits per heavy atom. The summed E-state index contributed by atoms with van der Waals surface area (Å²) in [4.78, 5) is 42.5. The number of imide groups is 1. The van der Waals surface area contributed by atoms with Gasteiger partial charge in [-0.1, -0.05) is 30.3 Å². The van der Waals surface area contributed by atoms with Crippen molar-refractivity contribution in [3.8, 4) is 0 Å². The Kier molecular flexibility index (Phi) is 4.58. The zero-order valence-corrected chi connectivity index (χ0v) is 14.6. The number of nitrogens with zero attached hydrogens (tertiary/aromatic N) is 4. The summed E-state index contributed by atoms with van der Waals surface area (Å²) in [6.07, 6.45) is 0. The van der Waals surface area contributed by atoms with E-state index in [1.165, 1.54) is 11.9 Å². The van der Waals surface area contributed by atoms with Gasteiger partial charge in [-0.3, -0.25) is 19.4 Å². The number of carboxylic acids is 1. The van der Waals surface area contributed by atoms with Crippen LogP contribution < -0.4 is 0 Å². The van der Waals surface area contributed by atoms with Crippen molar-refractivity contribution in [2.75, 3.05) is 19.8 Å². The number of amidine groups is 2. The first kappa shape index (κ1) is 17.2. The lowest BCUT2D eigenvalue weighted by Gasteiger charge is -2.30. The normalized spacial score (nSPS) is 20.1. The molecule has 9 heteroatoms. The molecule has 1 saturated heterocycles. The number of fused-ring (bicyclic) bond motifs is 1. The SMILES string of the molecule is CN1C(=O)C2C(=NC(SCC(=O)O)=[N+]2Cc2ccccc2)N(C)C1=O. The van der Waals surface area contributed by atoms with Crippen molar-refractivity contribution >= 4 is 40.7 Å². The van der Waals surface area contributed by atoms with E-state index in [4.69, 9.17) is 5.11 Å². The van der Waals surface area contributed by atoms with Gasteiger partial charge in [-0.2, -0.15) is 0 Å². The van der Waals surface area contributed by atoms with Gasteiger partial charge in [0.2, 0.25) is 0 Å². The molecule has 3 amide bonds. The number of likely N-dealkylation sites (N-methyl/N-ethyl adjacent to an activating group) is 2. The summed E-state index contributed by atoms with van der Waals surface area (Å²) in [5, 5.41) is 9.38. The number of hydrogen-bond donors (Lipinski definition) is 1. The number of carbonyl (C=O) groups is 3. The maximum atomic E-state index is 12.7. The molecule has 1 atom stereocenters. The van der Waals surface area contributed by atoms with E-state index >= 15 is 0 Å². The molecule has 8 nitrogen and oxygen atoms in total. The molecule has 0 aromatic heterocycles. The van der Waals surface area contributed by atoms with E-state index in [-0.39, 0.29) is 11.7 Å². The zero-order valence-electron chi connectivity index (χ0n) is 13.7. The summed E-state index contributed by atoms with van der Waals surface area (Å²) in [7, 11) is 2.99. The van der Waals surface area contributed by atoms with Crippen molar-refractivity contribution in [1.29, 1.82) is 0 Å². The van der Waals surface area contributed by atoms with E-state index in [9.17, 15) is 14.4 Å². The number of urea groups is 1. The number of rotatable bonds is 4. The molecule has 1 unspecified atom stereocenters. The molecule has 0 radical (unpaired) electrons. The molecule has 25 heavy (non-hydrogen) atoms. The highest BCUT2D eigenvalue weighted by Gasteiger charge is 2.53. The van der Waals surface area contributed by atoms with Gasteiger partial charge in [-0.25, -0.2) is 9.37 Å². The lowest BCUT2D eigenvalue weighted by Crippen LogP contribution is -2.61. The van der Waals surface area contributed by atoms with Gasteiger partial charge in [-0.15, -0.1) is 0 Å². The van der Waals surface area contributed by atoms with E-state index in [0.29, 0.717) is 17.5 Å². The molecule has 1 fully saturated rings. The molecule has 2 aliphatic heterocycles. The second kappa shape index (κ2) is 6.67. The standard InChI is InChI=1S/C16H16N4O4S/c1-18-13-12(14(23)19(2)16(18)24)20(8-10-6-4-3-5-7-10)15(17-13)25-9-11(21)22/h3-7,12H,8-9H2,1-2H3/p+1. The van der Waals surface area contributed by atoms with Crippen LogP contribution in [0.3, 0.4) is 0 Å². The smallest absolute Gasteiger partial charge is 0.358 e. The number of carboxylic acid groups (broad SMARTS) is 1. The van der Waals surface area contributed by atoms with Crippen LogP contribution in [-0.4, -0.2) is 74.3 Å². The van der Waals surface area contributed by atoms with E-state index < -0.39 is 18.0 Å². The number of aliphatic imine (C=N–C) groups is 1. The first-order valence-electron chi connectivity index (χ1n) is 7.56. The molecule has 0 spiro atoms. The number of aliphatic carboxylic acids is 1. The topological polar surface area (TPSA) is 93.3 Å². The summed E-state index contributed by atoms with van der Waals surface area (Å²) in [5.41, 5.74) is 0.961. The Hall–Kier alpha value is -2.68. The van der Waals surface area contributed by atoms with Crippen LogP contribution in [0.5, 0.6) is 0 Å². The van der Waals surface area contributed by atoms with E-state index in [2.05, 4.69) is 4.99 Å². The largest absolute Gasteiger partial charge is 0.481 e. The predicted octanol–water partition coefficient (Wildman–Crippen LogP) is 0.677. The first-order valence-corrected chi connectivity index (χ1v) is 8.54. The minimum atomic E-state index is -0.972. The van der Waals surface area contributed by atoms with Gasteiger partial charge >= 0.3 is 17.2 Å². The summed E-state index contributed by atoms with van der Waals surface area (Å²) in [5.74, 6) is -1.19. The molecular weight excluding hydrogens is 344 g/mol. The van der Waals surface area contributed by atoms with Crippen molar-refractivity contribution in [3.63, 3.8) is 0 Å². The van der Waals surface area contributed by atoms with Crippen LogP contribution >= 0.6 is 11.8 Å². The highest BCUT2D eigenvalue weighted by atomic mass is 32.2. The molecule has 3 rings (SSSR count). The molecule has 0 aliphatic carbocycles. The number of amides is 3. The Bertz CT molecular complexity index is 806. The lowest BCUT2D eigenvalue weighted by atomic mass is 10.1. The fourth-order valence-electron chi connectivity index (χ4n) is 2.76. The summed E-state index contributed by atoms with van der Waals surface area (Å²) < 4.78 is 1.75. The third-order valence-electron chi connectivity index (χ3n) is 4.01. The zero-order chi connectivity index (χ0) is 18.1. The monoisotopic (exact) mass is 361 g/mol. The molecule has 130 valence electrons. The van der Waals surface area contributed by atoms with Crippen LogP contribution in [0.15, 0.2) is 35.3 Å². The second-order valence-electron chi connectivity index (χ2n) is 5.69.